The summed E-state index contributed by atoms with van der Waals surface area (Å²) in [5.41, 5.74) is 2.85. The summed E-state index contributed by atoms with van der Waals surface area (Å²) in [4.78, 5) is 0. The van der Waals surface area contributed by atoms with Crippen molar-refractivity contribution in [3.63, 3.8) is 0 Å². The number of hydrogen-bond donors (Lipinski definition) is 0. The van der Waals surface area contributed by atoms with Crippen LogP contribution in [0, 0.1) is 17.8 Å². The van der Waals surface area contributed by atoms with Gasteiger partial charge in [0, 0.05) is 0 Å². The van der Waals surface area contributed by atoms with Gasteiger partial charge in [0.25, 0.3) is 0 Å². The van der Waals surface area contributed by atoms with E-state index in [2.05, 4.69) is 64.6 Å². The Morgan fingerprint density at radius 3 is 2.11 bits per heavy atom. The van der Waals surface area contributed by atoms with E-state index < -0.39 is 0 Å². The molecule has 0 N–H and O–H groups in total. The third-order valence-corrected chi connectivity index (χ3v) is 3.68. The minimum Gasteiger partial charge on any atom is -0.0993 e. The van der Waals surface area contributed by atoms with Crippen LogP contribution in [0.4, 0.5) is 0 Å². The van der Waals surface area contributed by atoms with Gasteiger partial charge in [0.15, 0.2) is 0 Å². The lowest BCUT2D eigenvalue weighted by atomic mass is 9.82. The van der Waals surface area contributed by atoms with Crippen LogP contribution in [0.5, 0.6) is 0 Å². The Hall–Kier alpha value is -1.04. The maximum absolute atomic E-state index is 4.33. The molecular formula is C18H28. The van der Waals surface area contributed by atoms with Crippen molar-refractivity contribution in [2.75, 3.05) is 0 Å². The molecule has 0 heteroatoms. The lowest BCUT2D eigenvalue weighted by molar-refractivity contribution is 0.440. The zero-order chi connectivity index (χ0) is 13.5. The van der Waals surface area contributed by atoms with E-state index in [1.165, 1.54) is 24.0 Å². The number of rotatable bonds is 7. The van der Waals surface area contributed by atoms with Gasteiger partial charge in [-0.05, 0) is 36.2 Å². The predicted octanol–water partition coefficient (Wildman–Crippen LogP) is 5.49. The van der Waals surface area contributed by atoms with Crippen molar-refractivity contribution in [3.8, 4) is 0 Å². The molecule has 18 heavy (non-hydrogen) atoms. The molecule has 0 radical (unpaired) electrons. The molecule has 0 spiro atoms. The molecular weight excluding hydrogens is 216 g/mol. The molecule has 1 rings (SSSR count). The van der Waals surface area contributed by atoms with Crippen LogP contribution in [0.3, 0.4) is 0 Å². The van der Waals surface area contributed by atoms with Crippen LogP contribution in [0.2, 0.25) is 0 Å². The van der Waals surface area contributed by atoms with Gasteiger partial charge in [0.1, 0.15) is 0 Å². The minimum atomic E-state index is 0.589. The summed E-state index contributed by atoms with van der Waals surface area (Å²) in [6.45, 7) is 13.5. The molecule has 100 valence electrons. The van der Waals surface area contributed by atoms with Gasteiger partial charge < -0.3 is 0 Å². The summed E-state index contributed by atoms with van der Waals surface area (Å²) in [6.07, 6.45) is 3.71. The van der Waals surface area contributed by atoms with E-state index in [4.69, 9.17) is 0 Å². The predicted molar refractivity (Wildman–Crippen MR) is 81.7 cm³/mol. The number of allylic oxidation sites excluding steroid dienone is 1. The summed E-state index contributed by atoms with van der Waals surface area (Å²) in [5.74, 6) is 2.00. The molecule has 0 aliphatic heterocycles. The van der Waals surface area contributed by atoms with Gasteiger partial charge >= 0.3 is 0 Å². The molecule has 1 unspecified atom stereocenters. The monoisotopic (exact) mass is 244 g/mol. The standard InChI is InChI=1S/C18H28/c1-14(2)11-12-18(16(5)15(3)4)13-17-9-7-6-8-10-17/h6-10,14-15,18H,5,11-13H2,1-4H3. The first-order valence-corrected chi connectivity index (χ1v) is 7.23. The van der Waals surface area contributed by atoms with Gasteiger partial charge in [0.2, 0.25) is 0 Å². The maximum atomic E-state index is 4.33. The molecule has 0 bridgehead atoms. The van der Waals surface area contributed by atoms with E-state index in [0.29, 0.717) is 11.8 Å². The van der Waals surface area contributed by atoms with Crippen LogP contribution in [-0.4, -0.2) is 0 Å². The minimum absolute atomic E-state index is 0.589. The van der Waals surface area contributed by atoms with Crippen molar-refractivity contribution in [1.82, 2.24) is 0 Å². The first-order chi connectivity index (χ1) is 8.50. The van der Waals surface area contributed by atoms with Gasteiger partial charge in [-0.25, -0.2) is 0 Å². The Labute approximate surface area is 113 Å². The summed E-state index contributed by atoms with van der Waals surface area (Å²) in [5, 5.41) is 0. The third kappa shape index (κ3) is 5.08. The van der Waals surface area contributed by atoms with Crippen LogP contribution in [0.25, 0.3) is 0 Å². The van der Waals surface area contributed by atoms with Crippen LogP contribution >= 0.6 is 0 Å². The van der Waals surface area contributed by atoms with Crippen LogP contribution in [-0.2, 0) is 6.42 Å². The Bertz CT molecular complexity index is 346. The zero-order valence-electron chi connectivity index (χ0n) is 12.4. The maximum Gasteiger partial charge on any atom is -0.0163 e. The largest absolute Gasteiger partial charge is 0.0993 e. The highest BCUT2D eigenvalue weighted by atomic mass is 14.2. The Balaban J connectivity index is 2.68. The van der Waals surface area contributed by atoms with E-state index in [1.54, 1.807) is 0 Å². The van der Waals surface area contributed by atoms with Gasteiger partial charge in [-0.3, -0.25) is 0 Å². The van der Waals surface area contributed by atoms with Gasteiger partial charge in [-0.2, -0.15) is 0 Å². The second-order valence-corrected chi connectivity index (χ2v) is 6.09. The Kier molecular flexibility index (Phi) is 6.18. The lowest BCUT2D eigenvalue weighted by Gasteiger charge is -2.23. The topological polar surface area (TPSA) is 0 Å². The fraction of sp³-hybridized carbons (Fsp3) is 0.556. The Morgan fingerprint density at radius 2 is 1.61 bits per heavy atom. The van der Waals surface area contributed by atoms with Gasteiger partial charge in [-0.15, -0.1) is 0 Å². The van der Waals surface area contributed by atoms with E-state index in [0.717, 1.165) is 12.3 Å². The highest BCUT2D eigenvalue weighted by Crippen LogP contribution is 2.27. The van der Waals surface area contributed by atoms with Crippen molar-refractivity contribution in [2.24, 2.45) is 17.8 Å². The average molecular weight is 244 g/mol. The fourth-order valence-electron chi connectivity index (χ4n) is 2.32. The number of benzene rings is 1. The molecule has 0 heterocycles. The van der Waals surface area contributed by atoms with E-state index in [-0.39, 0.29) is 0 Å². The van der Waals surface area contributed by atoms with E-state index in [9.17, 15) is 0 Å². The normalized spacial score (nSPS) is 13.0. The molecule has 1 atom stereocenters. The smallest absolute Gasteiger partial charge is 0.0163 e. The first-order valence-electron chi connectivity index (χ1n) is 7.23. The van der Waals surface area contributed by atoms with Crippen LogP contribution in [0.1, 0.15) is 46.1 Å². The average Bonchev–Trinajstić information content (AvgIpc) is 2.34. The highest BCUT2D eigenvalue weighted by Gasteiger charge is 2.16. The molecule has 0 fully saturated rings. The molecule has 0 saturated heterocycles. The quantitative estimate of drug-likeness (QED) is 0.556. The fourth-order valence-corrected chi connectivity index (χ4v) is 2.32. The molecule has 1 aromatic rings. The molecule has 0 aromatic heterocycles. The van der Waals surface area contributed by atoms with Crippen LogP contribution in [0.15, 0.2) is 42.5 Å². The molecule has 0 aliphatic carbocycles. The van der Waals surface area contributed by atoms with Crippen molar-refractivity contribution >= 4 is 0 Å². The first kappa shape index (κ1) is 15.0. The van der Waals surface area contributed by atoms with Crippen LogP contribution < -0.4 is 0 Å². The van der Waals surface area contributed by atoms with Crippen molar-refractivity contribution < 1.29 is 0 Å². The molecule has 0 aliphatic rings. The summed E-state index contributed by atoms with van der Waals surface area (Å²) in [7, 11) is 0. The zero-order valence-corrected chi connectivity index (χ0v) is 12.4. The lowest BCUT2D eigenvalue weighted by Crippen LogP contribution is -2.12. The summed E-state index contributed by atoms with van der Waals surface area (Å²) >= 11 is 0. The number of hydrogen-bond acceptors (Lipinski definition) is 0. The second-order valence-electron chi connectivity index (χ2n) is 6.09. The van der Waals surface area contributed by atoms with E-state index in [1.807, 2.05) is 0 Å². The van der Waals surface area contributed by atoms with Crippen molar-refractivity contribution in [3.05, 3.63) is 48.0 Å². The second kappa shape index (κ2) is 7.41. The van der Waals surface area contributed by atoms with Gasteiger partial charge in [-0.1, -0.05) is 76.6 Å². The van der Waals surface area contributed by atoms with Crippen molar-refractivity contribution in [2.45, 2.75) is 47.0 Å². The van der Waals surface area contributed by atoms with Gasteiger partial charge in [0.05, 0.1) is 0 Å². The van der Waals surface area contributed by atoms with E-state index >= 15 is 0 Å². The molecule has 0 nitrogen and oxygen atoms in total. The molecule has 0 saturated carbocycles. The SMILES string of the molecule is C=C(C(C)C)C(CCC(C)C)Cc1ccccc1. The third-order valence-electron chi connectivity index (χ3n) is 3.68. The van der Waals surface area contributed by atoms with Crippen molar-refractivity contribution in [1.29, 1.82) is 0 Å². The summed E-state index contributed by atoms with van der Waals surface area (Å²) in [6, 6.07) is 10.8. The molecule has 0 amide bonds. The highest BCUT2D eigenvalue weighted by molar-refractivity contribution is 5.18. The molecule has 1 aromatic carbocycles. The Morgan fingerprint density at radius 1 is 1.00 bits per heavy atom. The summed E-state index contributed by atoms with van der Waals surface area (Å²) < 4.78 is 0.